The molecule has 0 saturated heterocycles. The summed E-state index contributed by atoms with van der Waals surface area (Å²) in [7, 11) is 0. The molecule has 22 heavy (non-hydrogen) atoms. The van der Waals surface area contributed by atoms with Crippen molar-refractivity contribution in [1.82, 2.24) is 4.98 Å². The van der Waals surface area contributed by atoms with Crippen molar-refractivity contribution in [2.75, 3.05) is 5.32 Å². The fourth-order valence-electron chi connectivity index (χ4n) is 3.00. The van der Waals surface area contributed by atoms with Crippen LogP contribution in [0, 0.1) is 15.8 Å². The molecule has 5 nitrogen and oxygen atoms in total. The number of anilines is 1. The zero-order valence-electron chi connectivity index (χ0n) is 11.8. The SMILES string of the molecule is O=C(O)[C@@H]1CCCC[C@H]1C(=O)Nc1ccc2[nH]c(=S)sc2c1. The fraction of sp³-hybridized carbons (Fsp3) is 0.400. The topological polar surface area (TPSA) is 82.2 Å². The first-order chi connectivity index (χ1) is 10.5. The van der Waals surface area contributed by atoms with Crippen molar-refractivity contribution in [1.29, 1.82) is 0 Å². The number of hydrogen-bond acceptors (Lipinski definition) is 4. The number of thiazole rings is 1. The lowest BCUT2D eigenvalue weighted by atomic mass is 9.78. The second kappa shape index (κ2) is 6.18. The lowest BCUT2D eigenvalue weighted by molar-refractivity contribution is -0.147. The molecule has 1 aromatic heterocycles. The van der Waals surface area contributed by atoms with Crippen LogP contribution >= 0.6 is 23.6 Å². The largest absolute Gasteiger partial charge is 0.481 e. The first-order valence-electron chi connectivity index (χ1n) is 7.21. The number of nitrogens with one attached hydrogen (secondary N) is 2. The third-order valence-electron chi connectivity index (χ3n) is 4.11. The van der Waals surface area contributed by atoms with Gasteiger partial charge in [0.05, 0.1) is 22.1 Å². The third kappa shape index (κ3) is 3.05. The molecule has 3 rings (SSSR count). The Bertz CT molecular complexity index is 780. The Balaban J connectivity index is 1.79. The molecular weight excluding hydrogens is 320 g/mol. The monoisotopic (exact) mass is 336 g/mol. The summed E-state index contributed by atoms with van der Waals surface area (Å²) >= 11 is 6.55. The number of H-pyrrole nitrogens is 1. The molecule has 2 aromatic rings. The zero-order valence-corrected chi connectivity index (χ0v) is 13.4. The average molecular weight is 336 g/mol. The average Bonchev–Trinajstić information content (AvgIpc) is 2.86. The molecular formula is C15H16N2O3S2. The van der Waals surface area contributed by atoms with E-state index in [4.69, 9.17) is 12.2 Å². The summed E-state index contributed by atoms with van der Waals surface area (Å²) in [4.78, 5) is 26.8. The van der Waals surface area contributed by atoms with Crippen molar-refractivity contribution < 1.29 is 14.7 Å². The predicted molar refractivity (Wildman–Crippen MR) is 88.7 cm³/mol. The number of carbonyl (C=O) groups is 2. The van der Waals surface area contributed by atoms with E-state index in [1.807, 2.05) is 12.1 Å². The van der Waals surface area contributed by atoms with Gasteiger partial charge in [-0.05, 0) is 43.3 Å². The quantitative estimate of drug-likeness (QED) is 0.745. The van der Waals surface area contributed by atoms with Crippen molar-refractivity contribution in [3.05, 3.63) is 22.2 Å². The van der Waals surface area contributed by atoms with E-state index >= 15 is 0 Å². The molecule has 0 spiro atoms. The maximum absolute atomic E-state index is 12.4. The fourth-order valence-corrected chi connectivity index (χ4v) is 4.15. The van der Waals surface area contributed by atoms with Gasteiger partial charge in [-0.15, -0.1) is 11.3 Å². The molecule has 116 valence electrons. The van der Waals surface area contributed by atoms with E-state index < -0.39 is 17.8 Å². The van der Waals surface area contributed by atoms with E-state index in [9.17, 15) is 14.7 Å². The summed E-state index contributed by atoms with van der Waals surface area (Å²) in [6.07, 6.45) is 2.99. The number of carboxylic acids is 1. The number of carbonyl (C=O) groups excluding carboxylic acids is 1. The number of aromatic amines is 1. The van der Waals surface area contributed by atoms with Crippen LogP contribution in [0.5, 0.6) is 0 Å². The molecule has 1 amide bonds. The van der Waals surface area contributed by atoms with Crippen LogP contribution in [0.1, 0.15) is 25.7 Å². The highest BCUT2D eigenvalue weighted by atomic mass is 32.1. The van der Waals surface area contributed by atoms with Gasteiger partial charge in [-0.2, -0.15) is 0 Å². The van der Waals surface area contributed by atoms with Crippen molar-refractivity contribution in [3.63, 3.8) is 0 Å². The number of aromatic nitrogens is 1. The van der Waals surface area contributed by atoms with Crippen LogP contribution in [0.15, 0.2) is 18.2 Å². The highest BCUT2D eigenvalue weighted by molar-refractivity contribution is 7.73. The van der Waals surface area contributed by atoms with Gasteiger partial charge in [0.15, 0.2) is 3.95 Å². The molecule has 3 N–H and O–H groups in total. The molecule has 1 aliphatic rings. The van der Waals surface area contributed by atoms with E-state index in [0.29, 0.717) is 22.5 Å². The molecule has 1 heterocycles. The number of amides is 1. The molecule has 7 heteroatoms. The lowest BCUT2D eigenvalue weighted by Crippen LogP contribution is -2.36. The summed E-state index contributed by atoms with van der Waals surface area (Å²) < 4.78 is 1.66. The Kier molecular flexibility index (Phi) is 4.26. The Morgan fingerprint density at radius 1 is 1.27 bits per heavy atom. The third-order valence-corrected chi connectivity index (χ3v) is 5.31. The molecule has 2 atom stereocenters. The summed E-state index contributed by atoms with van der Waals surface area (Å²) in [6.45, 7) is 0. The maximum Gasteiger partial charge on any atom is 0.307 e. The zero-order chi connectivity index (χ0) is 15.7. The van der Waals surface area contributed by atoms with Crippen LogP contribution in [0.4, 0.5) is 5.69 Å². The van der Waals surface area contributed by atoms with Gasteiger partial charge in [0, 0.05) is 5.69 Å². The molecule has 0 bridgehead atoms. The van der Waals surface area contributed by atoms with Crippen LogP contribution in [0.25, 0.3) is 10.2 Å². The smallest absolute Gasteiger partial charge is 0.307 e. The molecule has 0 radical (unpaired) electrons. The summed E-state index contributed by atoms with van der Waals surface area (Å²) in [5.41, 5.74) is 1.62. The molecule has 1 saturated carbocycles. The maximum atomic E-state index is 12.4. The Hall–Kier alpha value is -1.73. The number of fused-ring (bicyclic) bond motifs is 1. The lowest BCUT2D eigenvalue weighted by Gasteiger charge is -2.27. The van der Waals surface area contributed by atoms with Gasteiger partial charge in [-0.3, -0.25) is 9.59 Å². The number of rotatable bonds is 3. The van der Waals surface area contributed by atoms with Gasteiger partial charge in [0.1, 0.15) is 0 Å². The highest BCUT2D eigenvalue weighted by Gasteiger charge is 2.35. The van der Waals surface area contributed by atoms with E-state index in [1.165, 1.54) is 11.3 Å². The minimum atomic E-state index is -0.876. The van der Waals surface area contributed by atoms with Gasteiger partial charge < -0.3 is 15.4 Å². The van der Waals surface area contributed by atoms with Gasteiger partial charge >= 0.3 is 5.97 Å². The highest BCUT2D eigenvalue weighted by Crippen LogP contribution is 2.32. The van der Waals surface area contributed by atoms with E-state index in [0.717, 1.165) is 23.1 Å². The van der Waals surface area contributed by atoms with Crippen LogP contribution < -0.4 is 5.32 Å². The molecule has 0 aliphatic heterocycles. The standard InChI is InChI=1S/C15H16N2O3S2/c18-13(9-3-1-2-4-10(9)14(19)20)16-8-5-6-11-12(7-8)22-15(21)17-11/h5-7,9-10H,1-4H2,(H,16,18)(H,17,21)(H,19,20)/t9-,10-/m1/s1. The van der Waals surface area contributed by atoms with Gasteiger partial charge in [0.2, 0.25) is 5.91 Å². The predicted octanol–water partition coefficient (Wildman–Crippen LogP) is 3.79. The number of aliphatic carboxylic acids is 1. The van der Waals surface area contributed by atoms with Gasteiger partial charge in [-0.1, -0.05) is 12.8 Å². The van der Waals surface area contributed by atoms with Crippen molar-refractivity contribution in [2.24, 2.45) is 11.8 Å². The second-order valence-corrected chi connectivity index (χ2v) is 7.27. The summed E-state index contributed by atoms with van der Waals surface area (Å²) in [6, 6.07) is 5.53. The first kappa shape index (κ1) is 15.2. The minimum Gasteiger partial charge on any atom is -0.481 e. The van der Waals surface area contributed by atoms with Crippen molar-refractivity contribution in [3.8, 4) is 0 Å². The number of benzene rings is 1. The van der Waals surface area contributed by atoms with E-state index in [-0.39, 0.29) is 5.91 Å². The first-order valence-corrected chi connectivity index (χ1v) is 8.43. The molecule has 1 fully saturated rings. The van der Waals surface area contributed by atoms with Crippen molar-refractivity contribution >= 4 is 51.3 Å². The van der Waals surface area contributed by atoms with Crippen LogP contribution in [0.3, 0.4) is 0 Å². The van der Waals surface area contributed by atoms with Crippen molar-refractivity contribution in [2.45, 2.75) is 25.7 Å². The number of hydrogen-bond donors (Lipinski definition) is 3. The Morgan fingerprint density at radius 2 is 2.00 bits per heavy atom. The normalized spacial score (nSPS) is 21.6. The minimum absolute atomic E-state index is 0.203. The summed E-state index contributed by atoms with van der Waals surface area (Å²) in [5, 5.41) is 12.1. The summed E-state index contributed by atoms with van der Waals surface area (Å²) in [5.74, 6) is -2.11. The van der Waals surface area contributed by atoms with Crippen LogP contribution in [-0.4, -0.2) is 22.0 Å². The van der Waals surface area contributed by atoms with E-state index in [1.54, 1.807) is 6.07 Å². The van der Waals surface area contributed by atoms with E-state index in [2.05, 4.69) is 10.3 Å². The van der Waals surface area contributed by atoms with Gasteiger partial charge in [-0.25, -0.2) is 0 Å². The van der Waals surface area contributed by atoms with Gasteiger partial charge in [0.25, 0.3) is 0 Å². The Labute approximate surface area is 136 Å². The van der Waals surface area contributed by atoms with Crippen LogP contribution in [-0.2, 0) is 9.59 Å². The Morgan fingerprint density at radius 3 is 2.73 bits per heavy atom. The van der Waals surface area contributed by atoms with Crippen LogP contribution in [0.2, 0.25) is 0 Å². The molecule has 1 aromatic carbocycles. The number of carboxylic acid groups (broad SMARTS) is 1. The second-order valence-electron chi connectivity index (χ2n) is 5.55. The molecule has 1 aliphatic carbocycles. The molecule has 0 unspecified atom stereocenters.